The van der Waals surface area contributed by atoms with E-state index in [9.17, 15) is 23.3 Å². The van der Waals surface area contributed by atoms with Crippen molar-refractivity contribution < 1.29 is 22.8 Å². The first-order chi connectivity index (χ1) is 11.7. The Labute approximate surface area is 145 Å². The van der Waals surface area contributed by atoms with Crippen LogP contribution in [0.1, 0.15) is 22.5 Å². The summed E-state index contributed by atoms with van der Waals surface area (Å²) in [5, 5.41) is 19.7. The maximum absolute atomic E-state index is 11.4. The van der Waals surface area contributed by atoms with Gasteiger partial charge in [0.2, 0.25) is 0 Å². The Balaban J connectivity index is 2.15. The van der Waals surface area contributed by atoms with Crippen molar-refractivity contribution in [2.24, 2.45) is 11.8 Å². The van der Waals surface area contributed by atoms with E-state index in [1.165, 1.54) is 17.6 Å². The first-order valence-corrected chi connectivity index (χ1v) is 9.43. The normalized spacial score (nSPS) is 20.4. The average Bonchev–Trinajstić information content (AvgIpc) is 2.85. The fourth-order valence-electron chi connectivity index (χ4n) is 3.64. The number of hydrogen-bond acceptors (Lipinski definition) is 6. The summed E-state index contributed by atoms with van der Waals surface area (Å²) in [6.07, 6.45) is 0.764. The highest BCUT2D eigenvalue weighted by Gasteiger charge is 2.35. The summed E-state index contributed by atoms with van der Waals surface area (Å²) in [6, 6.07) is 3.60. The van der Waals surface area contributed by atoms with Gasteiger partial charge in [-0.05, 0) is 37.2 Å². The molecule has 0 amide bonds. The Bertz CT molecular complexity index is 974. The molecule has 0 fully saturated rings. The lowest BCUT2D eigenvalue weighted by Crippen LogP contribution is -2.34. The van der Waals surface area contributed by atoms with Crippen LogP contribution in [0, 0.1) is 30.1 Å². The van der Waals surface area contributed by atoms with Gasteiger partial charge in [-0.15, -0.1) is 0 Å². The third-order valence-corrected chi connectivity index (χ3v) is 5.59. The van der Waals surface area contributed by atoms with Gasteiger partial charge in [-0.3, -0.25) is 8.95 Å². The Morgan fingerprint density at radius 3 is 2.76 bits per heavy atom. The summed E-state index contributed by atoms with van der Waals surface area (Å²) in [5.74, 6) is -0.923. The molecule has 0 bridgehead atoms. The lowest BCUT2D eigenvalue weighted by Gasteiger charge is -2.30. The van der Waals surface area contributed by atoms with Gasteiger partial charge in [0.1, 0.15) is 6.07 Å². The van der Waals surface area contributed by atoms with Gasteiger partial charge in [0.15, 0.2) is 11.5 Å². The van der Waals surface area contributed by atoms with E-state index in [1.807, 2.05) is 0 Å². The van der Waals surface area contributed by atoms with Crippen molar-refractivity contribution in [2.45, 2.75) is 19.8 Å². The zero-order chi connectivity index (χ0) is 18.4. The number of rotatable bonds is 4. The first kappa shape index (κ1) is 17.7. The number of aromatic hydroxyl groups is 1. The highest BCUT2D eigenvalue weighted by molar-refractivity contribution is 7.85. The summed E-state index contributed by atoms with van der Waals surface area (Å²) < 4.78 is 38.7. The predicted molar refractivity (Wildman–Crippen MR) is 89.0 cm³/mol. The summed E-state index contributed by atoms with van der Waals surface area (Å²) in [6.45, 7) is 2.06. The number of ether oxygens (including phenoxy) is 1. The van der Waals surface area contributed by atoms with Gasteiger partial charge in [-0.1, -0.05) is 0 Å². The van der Waals surface area contributed by atoms with Crippen LogP contribution in [0.2, 0.25) is 0 Å². The van der Waals surface area contributed by atoms with Crippen LogP contribution in [0.4, 0.5) is 0 Å². The highest BCUT2D eigenvalue weighted by atomic mass is 32.2. The number of nitrogens with zero attached hydrogens (tertiary/aromatic N) is 3. The summed E-state index contributed by atoms with van der Waals surface area (Å²) in [4.78, 5) is 4.52. The number of imidazole rings is 1. The van der Waals surface area contributed by atoms with Crippen molar-refractivity contribution in [3.8, 4) is 11.9 Å². The average molecular weight is 365 g/mol. The predicted octanol–water partition coefficient (Wildman–Crippen LogP) is 1.09. The van der Waals surface area contributed by atoms with Crippen LogP contribution in [0.15, 0.2) is 6.07 Å². The number of nitriles is 1. The van der Waals surface area contributed by atoms with Crippen LogP contribution < -0.4 is 0 Å². The van der Waals surface area contributed by atoms with Crippen LogP contribution in [0.25, 0.3) is 5.65 Å². The topological polar surface area (TPSA) is 125 Å². The third kappa shape index (κ3) is 3.20. The molecule has 1 aliphatic rings. The van der Waals surface area contributed by atoms with Crippen LogP contribution in [0.3, 0.4) is 0 Å². The molecule has 1 aliphatic carbocycles. The second-order valence-corrected chi connectivity index (χ2v) is 7.97. The zero-order valence-electron chi connectivity index (χ0n) is 13.9. The van der Waals surface area contributed by atoms with E-state index < -0.39 is 10.1 Å². The maximum atomic E-state index is 11.4. The Kier molecular flexibility index (Phi) is 4.45. The standard InChI is InChI=1S/C16H19N3O5S/c1-9-3-15(20)19-14-5-11(8-25(21,22)23)10(7-24-2)4-13(14)18-16(19)12(9)6-17/h3,10-11,20H,4-5,7-8H2,1-2H3,(H,21,22,23). The molecule has 2 heterocycles. The van der Waals surface area contributed by atoms with Gasteiger partial charge in [-0.2, -0.15) is 13.7 Å². The molecule has 134 valence electrons. The molecule has 8 nitrogen and oxygen atoms in total. The number of fused-ring (bicyclic) bond motifs is 3. The second kappa shape index (κ2) is 6.29. The molecule has 0 saturated heterocycles. The van der Waals surface area contributed by atoms with Gasteiger partial charge in [-0.25, -0.2) is 4.98 Å². The highest BCUT2D eigenvalue weighted by Crippen LogP contribution is 2.35. The largest absolute Gasteiger partial charge is 0.494 e. The van der Waals surface area contributed by atoms with Crippen molar-refractivity contribution in [3.63, 3.8) is 0 Å². The smallest absolute Gasteiger partial charge is 0.265 e. The summed E-state index contributed by atoms with van der Waals surface area (Å²) >= 11 is 0. The second-order valence-electron chi connectivity index (χ2n) is 6.47. The zero-order valence-corrected chi connectivity index (χ0v) is 14.7. The fraction of sp³-hybridized carbons (Fsp3) is 0.500. The molecule has 3 rings (SSSR count). The lowest BCUT2D eigenvalue weighted by molar-refractivity contribution is 0.119. The number of methoxy groups -OCH3 is 1. The van der Waals surface area contributed by atoms with Crippen molar-refractivity contribution in [3.05, 3.63) is 28.6 Å². The van der Waals surface area contributed by atoms with Crippen molar-refractivity contribution in [2.75, 3.05) is 19.5 Å². The monoisotopic (exact) mass is 365 g/mol. The van der Waals surface area contributed by atoms with Crippen molar-refractivity contribution in [1.29, 1.82) is 5.26 Å². The lowest BCUT2D eigenvalue weighted by atomic mass is 9.81. The molecular formula is C16H19N3O5S. The molecule has 0 saturated carbocycles. The number of pyridine rings is 1. The SMILES string of the molecule is COCC1Cc2nc3c(C#N)c(C)cc(O)n3c2CC1CS(=O)(=O)O. The van der Waals surface area contributed by atoms with Crippen molar-refractivity contribution in [1.82, 2.24) is 9.38 Å². The van der Waals surface area contributed by atoms with Gasteiger partial charge in [0.05, 0.1) is 17.0 Å². The van der Waals surface area contributed by atoms with E-state index in [-0.39, 0.29) is 23.5 Å². The Morgan fingerprint density at radius 2 is 2.16 bits per heavy atom. The van der Waals surface area contributed by atoms with E-state index in [0.717, 1.165) is 0 Å². The van der Waals surface area contributed by atoms with E-state index in [1.54, 1.807) is 6.92 Å². The molecule has 0 aromatic carbocycles. The van der Waals surface area contributed by atoms with Crippen LogP contribution in [-0.4, -0.2) is 46.9 Å². The molecule has 2 atom stereocenters. The van der Waals surface area contributed by atoms with Gasteiger partial charge in [0.25, 0.3) is 10.1 Å². The van der Waals surface area contributed by atoms with Gasteiger partial charge in [0, 0.05) is 25.5 Å². The fourth-order valence-corrected chi connectivity index (χ4v) is 4.57. The minimum atomic E-state index is -4.14. The molecule has 25 heavy (non-hydrogen) atoms. The molecule has 0 radical (unpaired) electrons. The Morgan fingerprint density at radius 1 is 1.44 bits per heavy atom. The quantitative estimate of drug-likeness (QED) is 0.777. The maximum Gasteiger partial charge on any atom is 0.265 e. The molecule has 9 heteroatoms. The third-order valence-electron chi connectivity index (χ3n) is 4.74. The van der Waals surface area contributed by atoms with E-state index in [0.29, 0.717) is 47.6 Å². The molecule has 2 aromatic rings. The van der Waals surface area contributed by atoms with Gasteiger partial charge < -0.3 is 9.84 Å². The van der Waals surface area contributed by atoms with E-state index in [4.69, 9.17) is 4.74 Å². The minimum absolute atomic E-state index is 0.0453. The van der Waals surface area contributed by atoms with Crippen molar-refractivity contribution >= 4 is 15.8 Å². The van der Waals surface area contributed by atoms with E-state index in [2.05, 4.69) is 11.1 Å². The summed E-state index contributed by atoms with van der Waals surface area (Å²) in [7, 11) is -2.61. The van der Waals surface area contributed by atoms with Crippen LogP contribution >= 0.6 is 0 Å². The Hall–Kier alpha value is -2.15. The number of aromatic nitrogens is 2. The van der Waals surface area contributed by atoms with Crippen LogP contribution in [-0.2, 0) is 27.7 Å². The molecule has 2 unspecified atom stereocenters. The first-order valence-electron chi connectivity index (χ1n) is 7.82. The molecule has 2 aromatic heterocycles. The molecule has 0 aliphatic heterocycles. The molecule has 2 N–H and O–H groups in total. The van der Waals surface area contributed by atoms with E-state index >= 15 is 0 Å². The number of hydrogen-bond donors (Lipinski definition) is 2. The van der Waals surface area contributed by atoms with Gasteiger partial charge >= 0.3 is 0 Å². The minimum Gasteiger partial charge on any atom is -0.494 e. The number of aryl methyl sites for hydroxylation is 1. The molecule has 0 spiro atoms. The molecular weight excluding hydrogens is 346 g/mol. The summed E-state index contributed by atoms with van der Waals surface area (Å²) in [5.41, 5.74) is 2.75. The van der Waals surface area contributed by atoms with Crippen LogP contribution in [0.5, 0.6) is 5.88 Å².